The van der Waals surface area contributed by atoms with Crippen molar-refractivity contribution in [3.8, 4) is 17.0 Å². The van der Waals surface area contributed by atoms with Gasteiger partial charge >= 0.3 is 6.09 Å². The lowest BCUT2D eigenvalue weighted by atomic mass is 9.83. The number of ether oxygens (including phenoxy) is 2. The number of aromatic amines is 1. The lowest BCUT2D eigenvalue weighted by Crippen LogP contribution is -2.35. The van der Waals surface area contributed by atoms with Crippen LogP contribution >= 0.6 is 11.6 Å². The largest absolute Gasteiger partial charge is 0.490 e. The lowest BCUT2D eigenvalue weighted by Gasteiger charge is -2.29. The molecular weight excluding hydrogens is 512 g/mol. The molecule has 5 rings (SSSR count). The van der Waals surface area contributed by atoms with Gasteiger partial charge in [-0.05, 0) is 81.2 Å². The van der Waals surface area contributed by atoms with Crippen molar-refractivity contribution in [2.24, 2.45) is 0 Å². The van der Waals surface area contributed by atoms with Crippen LogP contribution in [-0.4, -0.2) is 37.9 Å². The van der Waals surface area contributed by atoms with E-state index in [0.29, 0.717) is 18.1 Å². The summed E-state index contributed by atoms with van der Waals surface area (Å²) in [5.41, 5.74) is 5.39. The van der Waals surface area contributed by atoms with Crippen molar-refractivity contribution < 1.29 is 14.3 Å². The highest BCUT2D eigenvalue weighted by atomic mass is 35.5. The summed E-state index contributed by atoms with van der Waals surface area (Å²) >= 11 is 6.34. The van der Waals surface area contributed by atoms with Crippen LogP contribution in [0.25, 0.3) is 11.3 Å². The molecule has 1 aliphatic carbocycles. The van der Waals surface area contributed by atoms with Crippen molar-refractivity contribution in [2.45, 2.75) is 103 Å². The first-order valence-corrected chi connectivity index (χ1v) is 14.2. The van der Waals surface area contributed by atoms with Crippen molar-refractivity contribution in [1.82, 2.24) is 20.1 Å². The van der Waals surface area contributed by atoms with E-state index >= 15 is 0 Å². The number of carbonyl (C=O) groups is 1. The van der Waals surface area contributed by atoms with E-state index in [0.717, 1.165) is 59.6 Å². The second-order valence-corrected chi connectivity index (χ2v) is 13.3. The SMILES string of the molecule is CC(C)(C)OC(=O)N1Cc2cc(Cl)cnc2-c2c(C3CCC(Oc4cccc(C(C)(C)C)c4)CC3)n[nH]c2C1. The summed E-state index contributed by atoms with van der Waals surface area (Å²) in [6, 6.07) is 10.4. The number of carbonyl (C=O) groups excluding carboxylic acids is 1. The minimum absolute atomic E-state index is 0.0857. The molecule has 0 bridgehead atoms. The zero-order valence-corrected chi connectivity index (χ0v) is 24.6. The molecule has 1 N–H and O–H groups in total. The maximum atomic E-state index is 13.0. The molecule has 0 atom stereocenters. The van der Waals surface area contributed by atoms with E-state index in [2.05, 4.69) is 50.1 Å². The number of fused-ring (bicyclic) bond motifs is 3. The molecule has 1 fully saturated rings. The Balaban J connectivity index is 1.35. The average Bonchev–Trinajstić information content (AvgIpc) is 3.18. The fourth-order valence-corrected chi connectivity index (χ4v) is 5.67. The van der Waals surface area contributed by atoms with Crippen LogP contribution in [0.3, 0.4) is 0 Å². The van der Waals surface area contributed by atoms with Crippen LogP contribution in [0.2, 0.25) is 5.02 Å². The van der Waals surface area contributed by atoms with Crippen molar-refractivity contribution in [3.63, 3.8) is 0 Å². The molecule has 1 aromatic carbocycles. The minimum atomic E-state index is -0.588. The normalized spacial score (nSPS) is 19.6. The van der Waals surface area contributed by atoms with Gasteiger partial charge in [0.25, 0.3) is 0 Å². The molecule has 0 unspecified atom stereocenters. The van der Waals surface area contributed by atoms with E-state index < -0.39 is 5.60 Å². The summed E-state index contributed by atoms with van der Waals surface area (Å²) < 4.78 is 12.1. The summed E-state index contributed by atoms with van der Waals surface area (Å²) in [6.07, 6.45) is 5.33. The topological polar surface area (TPSA) is 80.3 Å². The Labute approximate surface area is 236 Å². The van der Waals surface area contributed by atoms with Crippen molar-refractivity contribution >= 4 is 17.7 Å². The molecule has 8 heteroatoms. The molecule has 1 saturated carbocycles. The molecule has 2 aromatic heterocycles. The number of benzene rings is 1. The van der Waals surface area contributed by atoms with Gasteiger partial charge in [-0.15, -0.1) is 0 Å². The Hall–Kier alpha value is -3.06. The van der Waals surface area contributed by atoms with Gasteiger partial charge in [-0.2, -0.15) is 5.10 Å². The van der Waals surface area contributed by atoms with Crippen LogP contribution in [0.4, 0.5) is 4.79 Å². The van der Waals surface area contributed by atoms with Gasteiger partial charge in [0.2, 0.25) is 0 Å². The van der Waals surface area contributed by atoms with Crippen molar-refractivity contribution in [2.75, 3.05) is 0 Å². The highest BCUT2D eigenvalue weighted by Crippen LogP contribution is 2.42. The molecular formula is C31H39ClN4O3. The van der Waals surface area contributed by atoms with E-state index in [4.69, 9.17) is 31.2 Å². The van der Waals surface area contributed by atoms with Gasteiger partial charge in [0.15, 0.2) is 0 Å². The summed E-state index contributed by atoms with van der Waals surface area (Å²) in [7, 11) is 0. The molecule has 0 radical (unpaired) electrons. The number of amides is 1. The van der Waals surface area contributed by atoms with Crippen LogP contribution in [-0.2, 0) is 23.2 Å². The highest BCUT2D eigenvalue weighted by Gasteiger charge is 2.34. The number of aromatic nitrogens is 3. The summed E-state index contributed by atoms with van der Waals surface area (Å²) in [6.45, 7) is 13.0. The Bertz CT molecular complexity index is 1350. The minimum Gasteiger partial charge on any atom is -0.490 e. The molecule has 3 heterocycles. The second-order valence-electron chi connectivity index (χ2n) is 12.8. The van der Waals surface area contributed by atoms with Gasteiger partial charge in [0.1, 0.15) is 11.4 Å². The summed E-state index contributed by atoms with van der Waals surface area (Å²) in [5, 5.41) is 8.56. The molecule has 208 valence electrons. The van der Waals surface area contributed by atoms with E-state index in [-0.39, 0.29) is 23.5 Å². The zero-order valence-electron chi connectivity index (χ0n) is 23.8. The van der Waals surface area contributed by atoms with E-state index in [1.165, 1.54) is 5.56 Å². The first kappa shape index (κ1) is 27.5. The van der Waals surface area contributed by atoms with Crippen LogP contribution in [0.15, 0.2) is 36.5 Å². The van der Waals surface area contributed by atoms with Gasteiger partial charge in [0, 0.05) is 17.7 Å². The molecule has 0 spiro atoms. The van der Waals surface area contributed by atoms with E-state index in [1.54, 1.807) is 11.1 Å². The van der Waals surface area contributed by atoms with Crippen molar-refractivity contribution in [3.05, 3.63) is 64.1 Å². The van der Waals surface area contributed by atoms with Gasteiger partial charge in [-0.25, -0.2) is 4.79 Å². The number of H-pyrrole nitrogens is 1. The number of hydrogen-bond acceptors (Lipinski definition) is 5. The third-order valence-electron chi connectivity index (χ3n) is 7.46. The maximum Gasteiger partial charge on any atom is 0.410 e. The van der Waals surface area contributed by atoms with E-state index in [9.17, 15) is 4.79 Å². The molecule has 1 aliphatic heterocycles. The molecule has 2 aliphatic rings. The molecule has 7 nitrogen and oxygen atoms in total. The van der Waals surface area contributed by atoms with Crippen LogP contribution in [0, 0.1) is 0 Å². The standard InChI is InChI=1S/C31H39ClN4O3/c1-30(2,3)21-8-7-9-24(15-21)38-23-12-10-19(11-13-23)28-26-25(34-35-28)18-36(29(37)39-31(4,5)6)17-20-14-22(32)16-33-27(20)26/h7-9,14-16,19,23H,10-13,17-18H2,1-6H3,(H,34,35). The smallest absolute Gasteiger partial charge is 0.410 e. The van der Waals surface area contributed by atoms with Gasteiger partial charge in [-0.1, -0.05) is 44.5 Å². The average molecular weight is 551 g/mol. The third-order valence-corrected chi connectivity index (χ3v) is 7.67. The fraction of sp³-hybridized carbons (Fsp3) is 0.516. The van der Waals surface area contributed by atoms with Gasteiger partial charge in [0.05, 0.1) is 41.3 Å². The Morgan fingerprint density at radius 1 is 1.05 bits per heavy atom. The molecule has 39 heavy (non-hydrogen) atoms. The Morgan fingerprint density at radius 3 is 2.49 bits per heavy atom. The van der Waals surface area contributed by atoms with Crippen LogP contribution < -0.4 is 4.74 Å². The highest BCUT2D eigenvalue weighted by molar-refractivity contribution is 6.30. The summed E-state index contributed by atoms with van der Waals surface area (Å²) in [4.78, 5) is 19.5. The zero-order chi connectivity index (χ0) is 27.9. The first-order valence-electron chi connectivity index (χ1n) is 13.8. The maximum absolute atomic E-state index is 13.0. The van der Waals surface area contributed by atoms with Crippen LogP contribution in [0.5, 0.6) is 5.75 Å². The predicted molar refractivity (Wildman–Crippen MR) is 153 cm³/mol. The van der Waals surface area contributed by atoms with Crippen LogP contribution in [0.1, 0.15) is 95.7 Å². The fourth-order valence-electron chi connectivity index (χ4n) is 5.49. The number of nitrogens with zero attached hydrogens (tertiary/aromatic N) is 3. The molecule has 1 amide bonds. The number of hydrogen-bond donors (Lipinski definition) is 1. The van der Waals surface area contributed by atoms with Gasteiger partial charge in [-0.3, -0.25) is 15.0 Å². The number of pyridine rings is 1. The number of halogens is 1. The molecule has 0 saturated heterocycles. The Morgan fingerprint density at radius 2 is 1.79 bits per heavy atom. The van der Waals surface area contributed by atoms with Crippen molar-refractivity contribution in [1.29, 1.82) is 0 Å². The third kappa shape index (κ3) is 6.24. The predicted octanol–water partition coefficient (Wildman–Crippen LogP) is 7.78. The monoisotopic (exact) mass is 550 g/mol. The number of rotatable bonds is 3. The quantitative estimate of drug-likeness (QED) is 0.360. The summed E-state index contributed by atoms with van der Waals surface area (Å²) in [5.74, 6) is 1.22. The second kappa shape index (κ2) is 10.5. The van der Waals surface area contributed by atoms with E-state index in [1.807, 2.05) is 26.8 Å². The lowest BCUT2D eigenvalue weighted by molar-refractivity contribution is 0.0216. The Kier molecular flexibility index (Phi) is 7.40. The first-order chi connectivity index (χ1) is 18.4. The number of nitrogens with one attached hydrogen (secondary N) is 1. The molecule has 3 aromatic rings. The van der Waals surface area contributed by atoms with Gasteiger partial charge < -0.3 is 9.47 Å².